The topological polar surface area (TPSA) is 30.0 Å². The molecule has 2 saturated heterocycles. The van der Waals surface area contributed by atoms with Crippen molar-refractivity contribution >= 4 is 0 Å². The molecule has 2 fully saturated rings. The standard InChI is InChI=1S/C16H30F3N3O/c1-15(13-22-9-7-20(2)8-10-22)3-5-21(6-4-15)12-14(23)11-16(17,18)19/h14,23H,3-13H2,1-2H3/t14-/m0/s1. The molecule has 2 aliphatic rings. The summed E-state index contributed by atoms with van der Waals surface area (Å²) in [5, 5.41) is 9.58. The minimum Gasteiger partial charge on any atom is -0.391 e. The first-order chi connectivity index (χ1) is 10.7. The SMILES string of the molecule is CN1CCN(CC2(C)CCN(C[C@@H](O)CC(F)(F)F)CC2)CC1. The summed E-state index contributed by atoms with van der Waals surface area (Å²) in [6, 6.07) is 0. The predicted molar refractivity (Wildman–Crippen MR) is 84.4 cm³/mol. The number of nitrogens with zero attached hydrogens (tertiary/aromatic N) is 3. The third-order valence-electron chi connectivity index (χ3n) is 5.20. The molecular formula is C16H30F3N3O. The highest BCUT2D eigenvalue weighted by Crippen LogP contribution is 2.32. The summed E-state index contributed by atoms with van der Waals surface area (Å²) in [5.74, 6) is 0. The molecule has 0 aromatic rings. The lowest BCUT2D eigenvalue weighted by Crippen LogP contribution is -2.51. The van der Waals surface area contributed by atoms with Crippen molar-refractivity contribution in [2.75, 3.05) is 59.4 Å². The zero-order valence-electron chi connectivity index (χ0n) is 14.3. The highest BCUT2D eigenvalue weighted by Gasteiger charge is 2.35. The Kier molecular flexibility index (Phi) is 6.33. The Morgan fingerprint density at radius 1 is 1.00 bits per heavy atom. The van der Waals surface area contributed by atoms with Gasteiger partial charge in [-0.25, -0.2) is 0 Å². The monoisotopic (exact) mass is 337 g/mol. The van der Waals surface area contributed by atoms with Crippen LogP contribution < -0.4 is 0 Å². The van der Waals surface area contributed by atoms with E-state index in [-0.39, 0.29) is 12.0 Å². The highest BCUT2D eigenvalue weighted by atomic mass is 19.4. The summed E-state index contributed by atoms with van der Waals surface area (Å²) in [6.45, 7) is 9.44. The Balaban J connectivity index is 1.72. The number of alkyl halides is 3. The zero-order valence-corrected chi connectivity index (χ0v) is 14.3. The van der Waals surface area contributed by atoms with Gasteiger partial charge in [-0.3, -0.25) is 0 Å². The van der Waals surface area contributed by atoms with Gasteiger partial charge in [0.1, 0.15) is 0 Å². The van der Waals surface area contributed by atoms with E-state index in [0.717, 1.165) is 58.7 Å². The smallest absolute Gasteiger partial charge is 0.391 e. The maximum Gasteiger partial charge on any atom is 0.391 e. The average molecular weight is 337 g/mol. The van der Waals surface area contributed by atoms with Crippen molar-refractivity contribution in [2.24, 2.45) is 5.41 Å². The van der Waals surface area contributed by atoms with E-state index >= 15 is 0 Å². The van der Waals surface area contributed by atoms with Crippen LogP contribution in [-0.4, -0.2) is 91.5 Å². The first-order valence-corrected chi connectivity index (χ1v) is 8.53. The Bertz CT molecular complexity index is 362. The Morgan fingerprint density at radius 3 is 2.09 bits per heavy atom. The first-order valence-electron chi connectivity index (χ1n) is 8.53. The van der Waals surface area contributed by atoms with Gasteiger partial charge in [-0.15, -0.1) is 0 Å². The Labute approximate surface area is 137 Å². The molecular weight excluding hydrogens is 307 g/mol. The first kappa shape index (κ1) is 19.0. The van der Waals surface area contributed by atoms with Crippen molar-refractivity contribution in [3.8, 4) is 0 Å². The number of aliphatic hydroxyl groups excluding tert-OH is 1. The quantitative estimate of drug-likeness (QED) is 0.826. The number of aliphatic hydroxyl groups is 1. The molecule has 0 saturated carbocycles. The number of β-amino-alcohol motifs (C(OH)–C–C–N with tert-alkyl or cyclic N) is 1. The maximum absolute atomic E-state index is 12.3. The molecule has 0 bridgehead atoms. The van der Waals surface area contributed by atoms with E-state index in [4.69, 9.17) is 0 Å². The van der Waals surface area contributed by atoms with Gasteiger partial charge in [0.05, 0.1) is 12.5 Å². The van der Waals surface area contributed by atoms with Crippen LogP contribution in [0.4, 0.5) is 13.2 Å². The van der Waals surface area contributed by atoms with Gasteiger partial charge < -0.3 is 19.8 Å². The molecule has 23 heavy (non-hydrogen) atoms. The summed E-state index contributed by atoms with van der Waals surface area (Å²) in [6.07, 6.45) is -4.74. The van der Waals surface area contributed by atoms with Crippen LogP contribution in [-0.2, 0) is 0 Å². The van der Waals surface area contributed by atoms with E-state index in [2.05, 4.69) is 23.8 Å². The molecule has 2 aliphatic heterocycles. The number of piperazine rings is 1. The van der Waals surface area contributed by atoms with E-state index in [9.17, 15) is 18.3 Å². The third-order valence-corrected chi connectivity index (χ3v) is 5.20. The van der Waals surface area contributed by atoms with Crippen LogP contribution in [0.2, 0.25) is 0 Å². The van der Waals surface area contributed by atoms with Gasteiger partial charge in [0.25, 0.3) is 0 Å². The largest absolute Gasteiger partial charge is 0.391 e. The number of rotatable bonds is 5. The molecule has 0 radical (unpaired) electrons. The zero-order chi connectivity index (χ0) is 17.1. The molecule has 0 aliphatic carbocycles. The molecule has 2 rings (SSSR count). The number of likely N-dealkylation sites (tertiary alicyclic amines) is 1. The number of hydrogen-bond acceptors (Lipinski definition) is 4. The lowest BCUT2D eigenvalue weighted by atomic mass is 9.79. The molecule has 136 valence electrons. The molecule has 0 amide bonds. The average Bonchev–Trinajstić information content (AvgIpc) is 2.42. The number of hydrogen-bond donors (Lipinski definition) is 1. The third kappa shape index (κ3) is 6.57. The van der Waals surface area contributed by atoms with Crippen molar-refractivity contribution in [3.63, 3.8) is 0 Å². The van der Waals surface area contributed by atoms with Gasteiger partial charge in [-0.1, -0.05) is 6.92 Å². The molecule has 1 N–H and O–H groups in total. The Morgan fingerprint density at radius 2 is 1.57 bits per heavy atom. The van der Waals surface area contributed by atoms with Crippen LogP contribution >= 0.6 is 0 Å². The highest BCUT2D eigenvalue weighted by molar-refractivity contribution is 4.87. The van der Waals surface area contributed by atoms with Crippen LogP contribution in [0, 0.1) is 5.41 Å². The van der Waals surface area contributed by atoms with Crippen molar-refractivity contribution < 1.29 is 18.3 Å². The molecule has 0 aromatic heterocycles. The second-order valence-corrected chi connectivity index (χ2v) is 7.66. The van der Waals surface area contributed by atoms with E-state index in [1.54, 1.807) is 0 Å². The summed E-state index contributed by atoms with van der Waals surface area (Å²) in [7, 11) is 2.14. The summed E-state index contributed by atoms with van der Waals surface area (Å²) >= 11 is 0. The summed E-state index contributed by atoms with van der Waals surface area (Å²) < 4.78 is 36.9. The van der Waals surface area contributed by atoms with E-state index in [0.29, 0.717) is 0 Å². The van der Waals surface area contributed by atoms with Crippen molar-refractivity contribution in [2.45, 2.75) is 38.5 Å². The van der Waals surface area contributed by atoms with E-state index < -0.39 is 18.7 Å². The molecule has 7 heteroatoms. The molecule has 2 heterocycles. The minimum absolute atomic E-state index is 0.129. The van der Waals surface area contributed by atoms with Crippen LogP contribution in [0.1, 0.15) is 26.2 Å². The normalized spacial score (nSPS) is 26.3. The minimum atomic E-state index is -4.29. The van der Waals surface area contributed by atoms with Crippen LogP contribution in [0.5, 0.6) is 0 Å². The summed E-state index contributed by atoms with van der Waals surface area (Å²) in [4.78, 5) is 6.82. The fraction of sp³-hybridized carbons (Fsp3) is 1.00. The number of halogens is 3. The summed E-state index contributed by atoms with van der Waals surface area (Å²) in [5.41, 5.74) is 0.237. The number of likely N-dealkylation sites (N-methyl/N-ethyl adjacent to an activating group) is 1. The van der Waals surface area contributed by atoms with Crippen LogP contribution in [0.3, 0.4) is 0 Å². The van der Waals surface area contributed by atoms with E-state index in [1.165, 1.54) is 0 Å². The van der Waals surface area contributed by atoms with Gasteiger partial charge >= 0.3 is 6.18 Å². The van der Waals surface area contributed by atoms with Crippen molar-refractivity contribution in [1.29, 1.82) is 0 Å². The molecule has 0 spiro atoms. The van der Waals surface area contributed by atoms with Crippen LogP contribution in [0.25, 0.3) is 0 Å². The Hall–Kier alpha value is -0.370. The van der Waals surface area contributed by atoms with E-state index in [1.807, 2.05) is 4.90 Å². The molecule has 0 unspecified atom stereocenters. The molecule has 1 atom stereocenters. The van der Waals surface area contributed by atoms with Crippen molar-refractivity contribution in [3.05, 3.63) is 0 Å². The van der Waals surface area contributed by atoms with Gasteiger partial charge in [-0.05, 0) is 38.4 Å². The van der Waals surface area contributed by atoms with Gasteiger partial charge in [0.2, 0.25) is 0 Å². The molecule has 0 aromatic carbocycles. The fourth-order valence-corrected chi connectivity index (χ4v) is 3.61. The second-order valence-electron chi connectivity index (χ2n) is 7.66. The van der Waals surface area contributed by atoms with Gasteiger partial charge in [-0.2, -0.15) is 13.2 Å². The fourth-order valence-electron chi connectivity index (χ4n) is 3.61. The van der Waals surface area contributed by atoms with Crippen molar-refractivity contribution in [1.82, 2.24) is 14.7 Å². The van der Waals surface area contributed by atoms with Gasteiger partial charge in [0, 0.05) is 39.3 Å². The maximum atomic E-state index is 12.3. The predicted octanol–water partition coefficient (Wildman–Crippen LogP) is 1.65. The van der Waals surface area contributed by atoms with Crippen LogP contribution in [0.15, 0.2) is 0 Å². The molecule has 4 nitrogen and oxygen atoms in total. The van der Waals surface area contributed by atoms with Gasteiger partial charge in [0.15, 0.2) is 0 Å². The lowest BCUT2D eigenvalue weighted by Gasteiger charge is -2.44. The lowest BCUT2D eigenvalue weighted by molar-refractivity contribution is -0.155. The second kappa shape index (κ2) is 7.68. The number of piperidine rings is 1.